The van der Waals surface area contributed by atoms with Crippen molar-refractivity contribution < 1.29 is 19.3 Å². The number of nitrogens with one attached hydrogen (secondary N) is 1. The normalized spacial score (nSPS) is 23.4. The van der Waals surface area contributed by atoms with E-state index in [2.05, 4.69) is 11.9 Å². The fourth-order valence-corrected chi connectivity index (χ4v) is 5.12. The largest absolute Gasteiger partial charge is 0.331 e. The molecular weight excluding hydrogens is 398 g/mol. The first kappa shape index (κ1) is 22.8. The Labute approximate surface area is 183 Å². The zero-order chi connectivity index (χ0) is 21.3. The van der Waals surface area contributed by atoms with Crippen molar-refractivity contribution in [2.75, 3.05) is 39.3 Å². The van der Waals surface area contributed by atoms with Gasteiger partial charge < -0.3 is 9.80 Å². The molecule has 1 saturated carbocycles. The number of carbonyl (C=O) groups excluding carboxylic acids is 3. The molecule has 1 aliphatic carbocycles. The Morgan fingerprint density at radius 3 is 2.60 bits per heavy atom. The van der Waals surface area contributed by atoms with Crippen molar-refractivity contribution in [3.05, 3.63) is 22.4 Å². The number of Topliss-reactive ketones (excluding diaryl/α,β-unsaturated/α-hetero) is 2. The summed E-state index contributed by atoms with van der Waals surface area (Å²) in [6, 6.07) is 3.97. The van der Waals surface area contributed by atoms with Crippen LogP contribution in [0.1, 0.15) is 56.2 Å². The molecule has 2 aliphatic rings. The van der Waals surface area contributed by atoms with Crippen molar-refractivity contribution in [2.24, 2.45) is 10.9 Å². The summed E-state index contributed by atoms with van der Waals surface area (Å²) in [4.78, 5) is 46.1. The highest BCUT2D eigenvalue weighted by Gasteiger charge is 2.35. The van der Waals surface area contributed by atoms with E-state index in [1.165, 1.54) is 4.90 Å². The van der Waals surface area contributed by atoms with Crippen molar-refractivity contribution in [2.45, 2.75) is 51.4 Å². The van der Waals surface area contributed by atoms with Gasteiger partial charge in [0.1, 0.15) is 17.5 Å². The molecule has 7 heteroatoms. The molecule has 1 aromatic heterocycles. The predicted octanol–water partition coefficient (Wildman–Crippen LogP) is 1.76. The summed E-state index contributed by atoms with van der Waals surface area (Å²) in [5.74, 6) is -0.337. The number of hydrogen-bond acceptors (Lipinski definition) is 5. The third kappa shape index (κ3) is 6.32. The van der Waals surface area contributed by atoms with E-state index < -0.39 is 5.92 Å². The molecule has 1 aromatic rings. The smallest absolute Gasteiger partial charge is 0.222 e. The number of carbonyl (C=O) groups is 3. The minimum atomic E-state index is -0.659. The fraction of sp³-hybridized carbons (Fsp3) is 0.652. The maximum atomic E-state index is 12.5. The second kappa shape index (κ2) is 11.5. The molecule has 1 aliphatic heterocycles. The molecule has 0 atom stereocenters. The molecule has 1 N–H and O–H groups in total. The number of rotatable bonds is 9. The number of aliphatic imine (C=N–C) groups is 1. The predicted molar refractivity (Wildman–Crippen MR) is 119 cm³/mol. The van der Waals surface area contributed by atoms with Crippen molar-refractivity contribution in [1.82, 2.24) is 4.90 Å². The molecule has 0 unspecified atom stereocenters. The highest BCUT2D eigenvalue weighted by atomic mass is 32.1. The Morgan fingerprint density at radius 1 is 1.23 bits per heavy atom. The van der Waals surface area contributed by atoms with Crippen LogP contribution in [0.5, 0.6) is 0 Å². The lowest BCUT2D eigenvalue weighted by Gasteiger charge is -2.32. The SMILES string of the molecule is CCCCCC(=O)N1CC[NH+](CCN=CC2C(=O)CC(c3cccs3)CC2=O)CC1. The minimum absolute atomic E-state index is 0.00375. The molecule has 0 radical (unpaired) electrons. The number of piperazine rings is 1. The first-order chi connectivity index (χ1) is 14.6. The summed E-state index contributed by atoms with van der Waals surface area (Å²) in [7, 11) is 0. The van der Waals surface area contributed by atoms with Gasteiger partial charge in [0.05, 0.1) is 39.3 Å². The van der Waals surface area contributed by atoms with Crippen LogP contribution in [0.3, 0.4) is 0 Å². The van der Waals surface area contributed by atoms with Crippen molar-refractivity contribution in [1.29, 1.82) is 0 Å². The summed E-state index contributed by atoms with van der Waals surface area (Å²) >= 11 is 1.61. The van der Waals surface area contributed by atoms with Gasteiger partial charge in [-0.15, -0.1) is 11.3 Å². The molecule has 164 valence electrons. The lowest BCUT2D eigenvalue weighted by molar-refractivity contribution is -0.902. The van der Waals surface area contributed by atoms with Crippen LogP contribution in [0, 0.1) is 5.92 Å². The quantitative estimate of drug-likeness (QED) is 0.367. The number of ketones is 2. The van der Waals surface area contributed by atoms with E-state index in [-0.39, 0.29) is 23.4 Å². The minimum Gasteiger partial charge on any atom is -0.331 e. The summed E-state index contributed by atoms with van der Waals surface area (Å²) in [6.45, 7) is 7.16. The lowest BCUT2D eigenvalue weighted by atomic mass is 9.80. The molecule has 0 spiro atoms. The molecule has 1 amide bonds. The van der Waals surface area contributed by atoms with Crippen LogP contribution >= 0.6 is 11.3 Å². The Kier molecular flexibility index (Phi) is 8.75. The van der Waals surface area contributed by atoms with Gasteiger partial charge in [-0.2, -0.15) is 0 Å². The van der Waals surface area contributed by atoms with Crippen LogP contribution < -0.4 is 4.90 Å². The van der Waals surface area contributed by atoms with E-state index in [4.69, 9.17) is 0 Å². The van der Waals surface area contributed by atoms with E-state index in [1.54, 1.807) is 17.6 Å². The molecule has 6 nitrogen and oxygen atoms in total. The van der Waals surface area contributed by atoms with Crippen LogP contribution in [-0.4, -0.2) is 67.9 Å². The fourth-order valence-electron chi connectivity index (χ4n) is 4.29. The van der Waals surface area contributed by atoms with Crippen molar-refractivity contribution in [3.8, 4) is 0 Å². The van der Waals surface area contributed by atoms with Gasteiger partial charge in [-0.3, -0.25) is 19.4 Å². The van der Waals surface area contributed by atoms with Gasteiger partial charge in [0.25, 0.3) is 0 Å². The maximum absolute atomic E-state index is 12.5. The van der Waals surface area contributed by atoms with Gasteiger partial charge >= 0.3 is 0 Å². The Hall–Kier alpha value is -1.86. The number of amides is 1. The summed E-state index contributed by atoms with van der Waals surface area (Å²) in [6.07, 6.45) is 6.37. The zero-order valence-electron chi connectivity index (χ0n) is 18.0. The van der Waals surface area contributed by atoms with E-state index in [0.717, 1.165) is 56.9 Å². The Balaban J connectivity index is 1.36. The first-order valence-corrected chi connectivity index (χ1v) is 12.2. The second-order valence-corrected chi connectivity index (χ2v) is 9.40. The molecular formula is C23H34N3O3S+. The first-order valence-electron chi connectivity index (χ1n) is 11.3. The highest BCUT2D eigenvalue weighted by Crippen LogP contribution is 2.33. The average Bonchev–Trinajstić information content (AvgIpc) is 3.28. The van der Waals surface area contributed by atoms with Crippen LogP contribution in [0.25, 0.3) is 0 Å². The Bertz CT molecular complexity index is 721. The monoisotopic (exact) mass is 432 g/mol. The standard InChI is InChI=1S/C23H33N3O3S/c1-2-3-4-7-23(29)26-12-10-25(11-13-26)9-8-24-17-19-20(27)15-18(16-21(19)28)22-6-5-14-30-22/h5-6,14,17-19H,2-4,7-13,15-16H2,1H3/p+1. The van der Waals surface area contributed by atoms with Gasteiger partial charge in [-0.05, 0) is 17.9 Å². The number of thiophene rings is 1. The number of hydrogen-bond donors (Lipinski definition) is 1. The van der Waals surface area contributed by atoms with Gasteiger partial charge in [0.15, 0.2) is 0 Å². The van der Waals surface area contributed by atoms with Gasteiger partial charge in [0.2, 0.25) is 5.91 Å². The van der Waals surface area contributed by atoms with Crippen LogP contribution in [0.4, 0.5) is 0 Å². The van der Waals surface area contributed by atoms with Crippen LogP contribution in [0.2, 0.25) is 0 Å². The van der Waals surface area contributed by atoms with Gasteiger partial charge in [0, 0.05) is 36.3 Å². The van der Waals surface area contributed by atoms with Crippen LogP contribution in [-0.2, 0) is 14.4 Å². The topological polar surface area (TPSA) is 71.2 Å². The third-order valence-corrected chi connectivity index (χ3v) is 7.24. The summed E-state index contributed by atoms with van der Waals surface area (Å²) in [5.41, 5.74) is 0. The van der Waals surface area contributed by atoms with Crippen LogP contribution in [0.15, 0.2) is 22.5 Å². The maximum Gasteiger partial charge on any atom is 0.222 e. The molecule has 2 fully saturated rings. The summed E-state index contributed by atoms with van der Waals surface area (Å²) in [5, 5.41) is 1.99. The van der Waals surface area contributed by atoms with E-state index in [0.29, 0.717) is 25.8 Å². The van der Waals surface area contributed by atoms with Crippen molar-refractivity contribution in [3.63, 3.8) is 0 Å². The molecule has 0 aromatic carbocycles. The number of unbranched alkanes of at least 4 members (excludes halogenated alkanes) is 2. The zero-order valence-corrected chi connectivity index (χ0v) is 18.8. The number of nitrogens with zero attached hydrogens (tertiary/aromatic N) is 2. The van der Waals surface area contributed by atoms with Crippen molar-refractivity contribution >= 4 is 35.0 Å². The average molecular weight is 433 g/mol. The van der Waals surface area contributed by atoms with Gasteiger partial charge in [-0.25, -0.2) is 0 Å². The Morgan fingerprint density at radius 2 is 1.97 bits per heavy atom. The molecule has 3 rings (SSSR count). The molecule has 30 heavy (non-hydrogen) atoms. The van der Waals surface area contributed by atoms with Gasteiger partial charge in [-0.1, -0.05) is 25.8 Å². The second-order valence-electron chi connectivity index (χ2n) is 8.42. The van der Waals surface area contributed by atoms with E-state index in [9.17, 15) is 14.4 Å². The lowest BCUT2D eigenvalue weighted by Crippen LogP contribution is -3.15. The highest BCUT2D eigenvalue weighted by molar-refractivity contribution is 7.10. The third-order valence-electron chi connectivity index (χ3n) is 6.20. The molecule has 1 saturated heterocycles. The van der Waals surface area contributed by atoms with E-state index in [1.807, 2.05) is 22.4 Å². The van der Waals surface area contributed by atoms with E-state index >= 15 is 0 Å². The molecule has 2 heterocycles. The molecule has 0 bridgehead atoms. The summed E-state index contributed by atoms with van der Waals surface area (Å²) < 4.78 is 0. The number of quaternary nitrogens is 1.